The molecule has 0 bridgehead atoms. The van der Waals surface area contributed by atoms with E-state index in [2.05, 4.69) is 12.1 Å². The maximum absolute atomic E-state index is 13.2. The van der Waals surface area contributed by atoms with Gasteiger partial charge in [0, 0.05) is 24.6 Å². The summed E-state index contributed by atoms with van der Waals surface area (Å²) in [6.07, 6.45) is 1.93. The average Bonchev–Trinajstić information content (AvgIpc) is 3.18. The van der Waals surface area contributed by atoms with Gasteiger partial charge in [0.25, 0.3) is 5.91 Å². The molecule has 1 saturated heterocycles. The molecule has 1 amide bonds. The highest BCUT2D eigenvalue weighted by atomic mass is 35.5. The van der Waals surface area contributed by atoms with Crippen LogP contribution >= 0.6 is 12.4 Å². The SMILES string of the molecule is CCOc1cccc2c1OCC(C(=O)N1C[C@@H](CN)[C@H](c3ccccc3)C1)=C2.Cl. The molecule has 6 heteroatoms. The molecule has 5 nitrogen and oxygen atoms in total. The summed E-state index contributed by atoms with van der Waals surface area (Å²) in [5.41, 5.74) is 8.82. The maximum atomic E-state index is 13.2. The Balaban J connectivity index is 0.00000240. The summed E-state index contributed by atoms with van der Waals surface area (Å²) in [7, 11) is 0. The number of hydrogen-bond donors (Lipinski definition) is 1. The van der Waals surface area contributed by atoms with Gasteiger partial charge < -0.3 is 20.1 Å². The zero-order valence-corrected chi connectivity index (χ0v) is 17.4. The Morgan fingerprint density at radius 3 is 2.69 bits per heavy atom. The third-order valence-electron chi connectivity index (χ3n) is 5.54. The number of ether oxygens (including phenoxy) is 2. The smallest absolute Gasteiger partial charge is 0.253 e. The van der Waals surface area contributed by atoms with Gasteiger partial charge >= 0.3 is 0 Å². The minimum Gasteiger partial charge on any atom is -0.490 e. The summed E-state index contributed by atoms with van der Waals surface area (Å²) >= 11 is 0. The lowest BCUT2D eigenvalue weighted by Crippen LogP contribution is -2.33. The van der Waals surface area contributed by atoms with E-state index in [1.165, 1.54) is 5.56 Å². The summed E-state index contributed by atoms with van der Waals surface area (Å²) in [6.45, 7) is 4.71. The molecular weight excluding hydrogens is 388 g/mol. The Kier molecular flexibility index (Phi) is 6.83. The van der Waals surface area contributed by atoms with Gasteiger partial charge in [-0.3, -0.25) is 4.79 Å². The summed E-state index contributed by atoms with van der Waals surface area (Å²) in [6, 6.07) is 16.1. The summed E-state index contributed by atoms with van der Waals surface area (Å²) in [4.78, 5) is 15.1. The topological polar surface area (TPSA) is 64.8 Å². The number of nitrogens with two attached hydrogens (primary N) is 1. The van der Waals surface area contributed by atoms with Crippen LogP contribution in [-0.4, -0.2) is 43.7 Å². The molecule has 0 aromatic heterocycles. The lowest BCUT2D eigenvalue weighted by atomic mass is 9.89. The molecule has 4 rings (SSSR count). The first kappa shape index (κ1) is 21.2. The van der Waals surface area contributed by atoms with Gasteiger partial charge in [0.05, 0.1) is 12.2 Å². The van der Waals surface area contributed by atoms with Gasteiger partial charge in [-0.15, -0.1) is 12.4 Å². The Morgan fingerprint density at radius 1 is 1.17 bits per heavy atom. The van der Waals surface area contributed by atoms with E-state index >= 15 is 0 Å². The fourth-order valence-corrected chi connectivity index (χ4v) is 4.13. The zero-order chi connectivity index (χ0) is 19.5. The molecule has 0 aliphatic carbocycles. The van der Waals surface area contributed by atoms with Crippen molar-refractivity contribution in [1.82, 2.24) is 4.90 Å². The molecule has 2 aliphatic heterocycles. The summed E-state index contributed by atoms with van der Waals surface area (Å²) in [5.74, 6) is 2.01. The number of hydrogen-bond acceptors (Lipinski definition) is 4. The highest BCUT2D eigenvalue weighted by Gasteiger charge is 2.36. The molecule has 2 heterocycles. The largest absolute Gasteiger partial charge is 0.490 e. The van der Waals surface area contributed by atoms with Crippen LogP contribution in [0.1, 0.15) is 24.0 Å². The standard InChI is InChI=1S/C23H26N2O3.ClH/c1-2-27-21-10-6-9-17-11-18(15-28-22(17)21)23(26)25-13-19(12-24)20(14-25)16-7-4-3-5-8-16;/h3-11,19-20H,2,12-15,24H2,1H3;1H/t19-,20+;/m1./s1. The van der Waals surface area contributed by atoms with Crippen LogP contribution in [0.2, 0.25) is 0 Å². The lowest BCUT2D eigenvalue weighted by Gasteiger charge is -2.23. The third kappa shape index (κ3) is 4.26. The van der Waals surface area contributed by atoms with Crippen LogP contribution < -0.4 is 15.2 Å². The Hall–Kier alpha value is -2.50. The van der Waals surface area contributed by atoms with Crippen LogP contribution in [0.15, 0.2) is 54.1 Å². The van der Waals surface area contributed by atoms with Crippen LogP contribution in [0.3, 0.4) is 0 Å². The molecular formula is C23H27ClN2O3. The van der Waals surface area contributed by atoms with E-state index in [0.29, 0.717) is 37.6 Å². The molecule has 0 saturated carbocycles. The molecule has 2 atom stereocenters. The summed E-state index contributed by atoms with van der Waals surface area (Å²) < 4.78 is 11.5. The van der Waals surface area contributed by atoms with Gasteiger partial charge in [0.1, 0.15) is 6.61 Å². The predicted octanol–water partition coefficient (Wildman–Crippen LogP) is 3.48. The van der Waals surface area contributed by atoms with Crippen molar-refractivity contribution in [2.45, 2.75) is 12.8 Å². The Bertz CT molecular complexity index is 885. The normalized spacial score (nSPS) is 20.2. The third-order valence-corrected chi connectivity index (χ3v) is 5.54. The van der Waals surface area contributed by atoms with Crippen LogP contribution in [-0.2, 0) is 4.79 Å². The highest BCUT2D eigenvalue weighted by Crippen LogP contribution is 2.37. The van der Waals surface area contributed by atoms with Gasteiger partial charge in [-0.05, 0) is 37.1 Å². The van der Waals surface area contributed by atoms with E-state index in [0.717, 1.165) is 11.3 Å². The Labute approximate surface area is 177 Å². The van der Waals surface area contributed by atoms with Crippen molar-refractivity contribution in [1.29, 1.82) is 0 Å². The molecule has 0 radical (unpaired) electrons. The van der Waals surface area contributed by atoms with E-state index in [1.807, 2.05) is 54.3 Å². The predicted molar refractivity (Wildman–Crippen MR) is 117 cm³/mol. The minimum absolute atomic E-state index is 0. The van der Waals surface area contributed by atoms with Crippen molar-refractivity contribution in [3.05, 3.63) is 65.2 Å². The maximum Gasteiger partial charge on any atom is 0.253 e. The first-order valence-corrected chi connectivity index (χ1v) is 9.84. The van der Waals surface area contributed by atoms with Gasteiger partial charge in [0.2, 0.25) is 0 Å². The van der Waals surface area contributed by atoms with Gasteiger partial charge in [-0.25, -0.2) is 0 Å². The van der Waals surface area contributed by atoms with Crippen molar-refractivity contribution in [2.24, 2.45) is 11.7 Å². The van der Waals surface area contributed by atoms with Crippen molar-refractivity contribution in [3.8, 4) is 11.5 Å². The quantitative estimate of drug-likeness (QED) is 0.813. The van der Waals surface area contributed by atoms with Crippen molar-refractivity contribution in [3.63, 3.8) is 0 Å². The van der Waals surface area contributed by atoms with Gasteiger partial charge in [-0.1, -0.05) is 42.5 Å². The van der Waals surface area contributed by atoms with E-state index in [9.17, 15) is 4.79 Å². The van der Waals surface area contributed by atoms with Crippen LogP contribution in [0.25, 0.3) is 6.08 Å². The summed E-state index contributed by atoms with van der Waals surface area (Å²) in [5, 5.41) is 0. The molecule has 0 spiro atoms. The molecule has 2 aliphatic rings. The van der Waals surface area contributed by atoms with Crippen molar-refractivity contribution in [2.75, 3.05) is 32.8 Å². The van der Waals surface area contributed by atoms with Gasteiger partial charge in [0.15, 0.2) is 11.5 Å². The monoisotopic (exact) mass is 414 g/mol. The lowest BCUT2D eigenvalue weighted by molar-refractivity contribution is -0.126. The number of rotatable bonds is 5. The number of amides is 1. The molecule has 29 heavy (non-hydrogen) atoms. The molecule has 1 fully saturated rings. The first-order chi connectivity index (χ1) is 13.7. The fraction of sp³-hybridized carbons (Fsp3) is 0.348. The molecule has 0 unspecified atom stereocenters. The number of likely N-dealkylation sites (tertiary alicyclic amines) is 1. The fourth-order valence-electron chi connectivity index (χ4n) is 4.13. The van der Waals surface area contributed by atoms with Crippen LogP contribution in [0, 0.1) is 5.92 Å². The number of carbonyl (C=O) groups is 1. The van der Waals surface area contributed by atoms with Gasteiger partial charge in [-0.2, -0.15) is 0 Å². The molecule has 154 valence electrons. The molecule has 2 aromatic carbocycles. The highest BCUT2D eigenvalue weighted by molar-refractivity contribution is 5.99. The second-order valence-corrected chi connectivity index (χ2v) is 7.29. The van der Waals surface area contributed by atoms with Crippen LogP contribution in [0.5, 0.6) is 11.5 Å². The number of benzene rings is 2. The second-order valence-electron chi connectivity index (χ2n) is 7.29. The van der Waals surface area contributed by atoms with E-state index < -0.39 is 0 Å². The van der Waals surface area contributed by atoms with E-state index in [1.54, 1.807) is 0 Å². The second kappa shape index (κ2) is 9.33. The number of fused-ring (bicyclic) bond motifs is 1. The number of nitrogens with zero attached hydrogens (tertiary/aromatic N) is 1. The van der Waals surface area contributed by atoms with Crippen molar-refractivity contribution < 1.29 is 14.3 Å². The number of halogens is 1. The zero-order valence-electron chi connectivity index (χ0n) is 16.5. The van der Waals surface area contributed by atoms with Crippen LogP contribution in [0.4, 0.5) is 0 Å². The Morgan fingerprint density at radius 2 is 1.97 bits per heavy atom. The minimum atomic E-state index is 0. The number of carbonyl (C=O) groups excluding carboxylic acids is 1. The average molecular weight is 415 g/mol. The molecule has 2 aromatic rings. The van der Waals surface area contributed by atoms with E-state index in [4.69, 9.17) is 15.2 Å². The molecule has 2 N–H and O–H groups in total. The number of para-hydroxylation sites is 1. The van der Waals surface area contributed by atoms with E-state index in [-0.39, 0.29) is 36.8 Å². The van der Waals surface area contributed by atoms with Crippen molar-refractivity contribution >= 4 is 24.4 Å². The first-order valence-electron chi connectivity index (χ1n) is 9.84.